The number of hydrogen-bond acceptors (Lipinski definition) is 4. The van der Waals surface area contributed by atoms with Gasteiger partial charge in [-0.25, -0.2) is 9.59 Å². The molecule has 2 N–H and O–H groups in total. The van der Waals surface area contributed by atoms with Crippen LogP contribution in [0, 0.1) is 11.3 Å². The number of nitrogens with one attached hydrogen (secondary N) is 2. The van der Waals surface area contributed by atoms with E-state index in [1.165, 1.54) is 16.0 Å². The van der Waals surface area contributed by atoms with E-state index in [9.17, 15) is 9.59 Å². The van der Waals surface area contributed by atoms with Crippen LogP contribution in [0.2, 0.25) is 15.3 Å². The fraction of sp³-hybridized carbons (Fsp3) is 0.714. The van der Waals surface area contributed by atoms with Crippen molar-refractivity contribution in [3.8, 4) is 0 Å². The Bertz CT molecular complexity index is 959. The lowest BCUT2D eigenvalue weighted by molar-refractivity contribution is -0.0149. The third kappa shape index (κ3) is 5.19. The van der Waals surface area contributed by atoms with Crippen molar-refractivity contribution in [3.05, 3.63) is 23.4 Å². The van der Waals surface area contributed by atoms with Crippen molar-refractivity contribution in [2.45, 2.75) is 40.2 Å². The van der Waals surface area contributed by atoms with Gasteiger partial charge in [-0.3, -0.25) is 0 Å². The molecule has 1 saturated heterocycles. The number of carbonyl (C=O) groups is 2. The Hall–Kier alpha value is -1.60. The minimum atomic E-state index is -2.64. The highest BCUT2D eigenvalue weighted by atomic mass is 16.6. The summed E-state index contributed by atoms with van der Waals surface area (Å²) >= 11 is 0. The molecule has 0 bridgehead atoms. The zero-order chi connectivity index (χ0) is 27.4. The van der Waals surface area contributed by atoms with E-state index in [0.717, 1.165) is 13.0 Å². The minimum Gasteiger partial charge on any atom is -0.448 e. The molecule has 18 radical (unpaired) electrons. The third-order valence-electron chi connectivity index (χ3n) is 8.15. The largest absolute Gasteiger partial charge is 0.448 e. The molecule has 0 aromatic rings. The van der Waals surface area contributed by atoms with Gasteiger partial charge in [-0.05, 0) is 54.0 Å². The monoisotopic (exact) mass is 478 g/mol. The Balaban J connectivity index is 1.29. The van der Waals surface area contributed by atoms with Crippen LogP contribution in [0.15, 0.2) is 23.4 Å². The molecule has 0 aromatic carbocycles. The van der Waals surface area contributed by atoms with Crippen LogP contribution in [-0.2, 0) is 4.74 Å². The molecule has 0 aromatic heterocycles. The van der Waals surface area contributed by atoms with Crippen LogP contribution < -0.4 is 10.6 Å². The maximum Gasteiger partial charge on any atom is 0.410 e. The van der Waals surface area contributed by atoms with E-state index in [1.807, 2.05) is 17.2 Å². The molecule has 1 saturated carbocycles. The van der Waals surface area contributed by atoms with Gasteiger partial charge in [-0.1, -0.05) is 15.3 Å². The van der Waals surface area contributed by atoms with Gasteiger partial charge < -0.3 is 25.2 Å². The van der Waals surface area contributed by atoms with Crippen LogP contribution in [0.1, 0.15) is 19.3 Å². The second-order valence-corrected chi connectivity index (χ2v) is 11.0. The summed E-state index contributed by atoms with van der Waals surface area (Å²) in [5, 5.41) is -1.20. The Morgan fingerprint density at radius 2 is 1.57 bits per heavy atom. The third-order valence-corrected chi connectivity index (χ3v) is 8.15. The molecule has 1 unspecified atom stereocenters. The van der Waals surface area contributed by atoms with Crippen LogP contribution in [0.25, 0.3) is 0 Å². The molecule has 37 heavy (non-hydrogen) atoms. The highest BCUT2D eigenvalue weighted by molar-refractivity contribution is 6.70. The Kier molecular flexibility index (Phi) is 7.33. The van der Waals surface area contributed by atoms with E-state index in [2.05, 4.69) is 10.6 Å². The molecule has 172 valence electrons. The number of dihydropyridines is 1. The molecule has 3 heterocycles. The van der Waals surface area contributed by atoms with Gasteiger partial charge in [0.1, 0.15) is 0 Å². The lowest BCUT2D eigenvalue weighted by Gasteiger charge is -2.63. The van der Waals surface area contributed by atoms with E-state index in [4.69, 9.17) is 75.4 Å². The predicted molar refractivity (Wildman–Crippen MR) is 150 cm³/mol. The SMILES string of the molecule is [B]C([B])([B])C(OC(=O)N1CCC2(CC1)CC2CNC(=O)N1CC2=C(CNC=C2)C1)(C([B])([B])[B])C([B])([B])[B]. The second-order valence-electron chi connectivity index (χ2n) is 11.0. The van der Waals surface area contributed by atoms with Gasteiger partial charge in [0.15, 0.2) is 0 Å². The maximum absolute atomic E-state index is 13.1. The molecular weight excluding hydrogens is 454 g/mol. The van der Waals surface area contributed by atoms with Crippen molar-refractivity contribution in [2.24, 2.45) is 11.3 Å². The first-order chi connectivity index (χ1) is 17.0. The number of amides is 3. The standard InChI is InChI=1S/C21H23B9N4O3/c22-19(23,24)18(20(25,26)27,21(28,29)30)37-16(36)33-5-2-17(3-6-33)7-14(17)9-32-15(35)34-10-12-1-4-31-8-13(12)11-34/h1,4,14,31H,2-3,5-11H2,(H,32,35). The van der Waals surface area contributed by atoms with Crippen molar-refractivity contribution in [1.82, 2.24) is 20.4 Å². The Labute approximate surface area is 231 Å². The smallest absolute Gasteiger partial charge is 0.410 e. The van der Waals surface area contributed by atoms with Crippen molar-refractivity contribution in [3.63, 3.8) is 0 Å². The number of likely N-dealkylation sites (tertiary alicyclic amines) is 1. The Morgan fingerprint density at radius 1 is 0.973 bits per heavy atom. The highest BCUT2D eigenvalue weighted by Crippen LogP contribution is 2.60. The first-order valence-corrected chi connectivity index (χ1v) is 12.2. The lowest BCUT2D eigenvalue weighted by Crippen LogP contribution is -2.66. The van der Waals surface area contributed by atoms with E-state index < -0.39 is 27.0 Å². The number of ether oxygens (including phenoxy) is 1. The fourth-order valence-electron chi connectivity index (χ4n) is 5.91. The van der Waals surface area contributed by atoms with Crippen molar-refractivity contribution >= 4 is 82.7 Å². The highest BCUT2D eigenvalue weighted by Gasteiger charge is 2.59. The summed E-state index contributed by atoms with van der Waals surface area (Å²) in [6, 6.07) is -0.0706. The summed E-state index contributed by atoms with van der Waals surface area (Å²) in [6.07, 6.45) is 5.37. The number of rotatable bonds is 6. The number of piperidine rings is 1. The zero-order valence-corrected chi connectivity index (χ0v) is 20.9. The molecular formula is C21H23B9N4O3. The molecule has 1 aliphatic carbocycles. The van der Waals surface area contributed by atoms with Crippen LogP contribution in [-0.4, -0.2) is 137 Å². The summed E-state index contributed by atoms with van der Waals surface area (Å²) in [4.78, 5) is 29.0. The van der Waals surface area contributed by atoms with Gasteiger partial charge in [0.05, 0.1) is 76.2 Å². The average molecular weight is 477 g/mol. The quantitative estimate of drug-likeness (QED) is 0.441. The summed E-state index contributed by atoms with van der Waals surface area (Å²) in [5.41, 5.74) is -0.161. The molecule has 3 amide bonds. The van der Waals surface area contributed by atoms with Gasteiger partial charge in [-0.2, -0.15) is 0 Å². The molecule has 16 heteroatoms. The number of nitrogens with zero attached hydrogens (tertiary/aromatic N) is 2. The number of urea groups is 1. The minimum absolute atomic E-state index is 0.0361. The van der Waals surface area contributed by atoms with E-state index in [1.54, 1.807) is 0 Å². The average Bonchev–Trinajstić information content (AvgIpc) is 3.24. The molecule has 7 nitrogen and oxygen atoms in total. The van der Waals surface area contributed by atoms with Crippen molar-refractivity contribution in [1.29, 1.82) is 0 Å². The first-order valence-electron chi connectivity index (χ1n) is 12.2. The number of hydrogen-bond donors (Lipinski definition) is 2. The fourth-order valence-corrected chi connectivity index (χ4v) is 5.91. The maximum atomic E-state index is 13.1. The van der Waals surface area contributed by atoms with Crippen molar-refractivity contribution in [2.75, 3.05) is 39.3 Å². The summed E-state index contributed by atoms with van der Waals surface area (Å²) in [7, 11) is 52.3. The predicted octanol–water partition coefficient (Wildman–Crippen LogP) is -1.86. The summed E-state index contributed by atoms with van der Waals surface area (Å²) in [6.45, 7) is 3.31. The molecule has 1 atom stereocenters. The normalized spacial score (nSPS) is 23.4. The lowest BCUT2D eigenvalue weighted by atomic mass is 9.13. The van der Waals surface area contributed by atoms with E-state index in [-0.39, 0.29) is 11.4 Å². The molecule has 4 aliphatic rings. The van der Waals surface area contributed by atoms with Gasteiger partial charge in [0, 0.05) is 39.3 Å². The summed E-state index contributed by atoms with van der Waals surface area (Å²) in [5.74, 6) is 0.319. The first kappa shape index (κ1) is 28.4. The summed E-state index contributed by atoms with van der Waals surface area (Å²) < 4.78 is 5.45. The van der Waals surface area contributed by atoms with Crippen LogP contribution in [0.5, 0.6) is 0 Å². The van der Waals surface area contributed by atoms with E-state index >= 15 is 0 Å². The number of carbonyl (C=O) groups excluding carboxylic acids is 2. The molecule has 4 rings (SSSR count). The van der Waals surface area contributed by atoms with Gasteiger partial charge in [-0.15, -0.1) is 0 Å². The van der Waals surface area contributed by atoms with Gasteiger partial charge in [0.25, 0.3) is 0 Å². The molecule has 3 aliphatic heterocycles. The van der Waals surface area contributed by atoms with Crippen molar-refractivity contribution < 1.29 is 14.3 Å². The van der Waals surface area contributed by atoms with Crippen LogP contribution in [0.3, 0.4) is 0 Å². The zero-order valence-electron chi connectivity index (χ0n) is 20.9. The Morgan fingerprint density at radius 3 is 2.11 bits per heavy atom. The topological polar surface area (TPSA) is 73.9 Å². The van der Waals surface area contributed by atoms with Gasteiger partial charge >= 0.3 is 12.1 Å². The van der Waals surface area contributed by atoms with Gasteiger partial charge in [0.2, 0.25) is 0 Å². The molecule has 2 fully saturated rings. The van der Waals surface area contributed by atoms with E-state index in [0.29, 0.717) is 51.5 Å². The second kappa shape index (κ2) is 9.55. The van der Waals surface area contributed by atoms with Crippen LogP contribution in [0.4, 0.5) is 9.59 Å². The van der Waals surface area contributed by atoms with Crippen LogP contribution >= 0.6 is 0 Å². The molecule has 1 spiro atoms.